The molecule has 0 saturated carbocycles. The molecular formula is C19H20. The fraction of sp³-hybridized carbons (Fsp3) is 0.263. The molecule has 0 atom stereocenters. The molecule has 96 valence electrons. The van der Waals surface area contributed by atoms with Gasteiger partial charge < -0.3 is 0 Å². The van der Waals surface area contributed by atoms with Crippen LogP contribution < -0.4 is 0 Å². The molecule has 0 aliphatic heterocycles. The lowest BCUT2D eigenvalue weighted by atomic mass is 9.77. The highest BCUT2D eigenvalue weighted by molar-refractivity contribution is 6.03. The highest BCUT2D eigenvalue weighted by atomic mass is 14.3. The molecule has 19 heavy (non-hydrogen) atoms. The van der Waals surface area contributed by atoms with E-state index < -0.39 is 0 Å². The van der Waals surface area contributed by atoms with Crippen molar-refractivity contribution in [1.29, 1.82) is 0 Å². The third-order valence-corrected chi connectivity index (χ3v) is 4.33. The number of hydrogen-bond acceptors (Lipinski definition) is 0. The minimum atomic E-state index is 0.195. The van der Waals surface area contributed by atoms with E-state index in [1.807, 2.05) is 0 Å². The standard InChI is InChI=1S/C19H20/c1-4-19(2,3)18-16-11-7-5-9-14(16)13-15-10-6-8-12-17(15)18/h5-13H,4H2,1-3H3. The van der Waals surface area contributed by atoms with E-state index in [0.29, 0.717) is 0 Å². The Hall–Kier alpha value is -1.82. The summed E-state index contributed by atoms with van der Waals surface area (Å²) in [5.41, 5.74) is 1.68. The number of hydrogen-bond donors (Lipinski definition) is 0. The summed E-state index contributed by atoms with van der Waals surface area (Å²) in [7, 11) is 0. The van der Waals surface area contributed by atoms with Crippen LogP contribution in [0.5, 0.6) is 0 Å². The first kappa shape index (κ1) is 12.2. The quantitative estimate of drug-likeness (QED) is 0.512. The Balaban J connectivity index is 2.54. The molecule has 0 amide bonds. The van der Waals surface area contributed by atoms with E-state index in [9.17, 15) is 0 Å². The summed E-state index contributed by atoms with van der Waals surface area (Å²) in [6.45, 7) is 6.97. The van der Waals surface area contributed by atoms with Gasteiger partial charge in [0, 0.05) is 0 Å². The zero-order chi connectivity index (χ0) is 13.5. The largest absolute Gasteiger partial charge is 0.0646 e. The van der Waals surface area contributed by atoms with Crippen molar-refractivity contribution in [2.24, 2.45) is 0 Å². The predicted octanol–water partition coefficient (Wildman–Crippen LogP) is 5.68. The van der Waals surface area contributed by atoms with Crippen LogP contribution in [0.4, 0.5) is 0 Å². The summed E-state index contributed by atoms with van der Waals surface area (Å²) >= 11 is 0. The third kappa shape index (κ3) is 1.92. The van der Waals surface area contributed by atoms with Gasteiger partial charge in [0.2, 0.25) is 0 Å². The smallest absolute Gasteiger partial charge is 0.00939 e. The van der Waals surface area contributed by atoms with E-state index >= 15 is 0 Å². The molecule has 3 rings (SSSR count). The lowest BCUT2D eigenvalue weighted by Crippen LogP contribution is -2.16. The first-order chi connectivity index (χ1) is 9.13. The van der Waals surface area contributed by atoms with Gasteiger partial charge >= 0.3 is 0 Å². The van der Waals surface area contributed by atoms with E-state index in [-0.39, 0.29) is 5.41 Å². The Morgan fingerprint density at radius 3 is 1.74 bits per heavy atom. The van der Waals surface area contributed by atoms with Gasteiger partial charge in [-0.3, -0.25) is 0 Å². The van der Waals surface area contributed by atoms with Crippen molar-refractivity contribution in [3.8, 4) is 0 Å². The lowest BCUT2D eigenvalue weighted by Gasteiger charge is -2.27. The maximum Gasteiger partial charge on any atom is -0.00939 e. The van der Waals surface area contributed by atoms with Crippen LogP contribution in [0.1, 0.15) is 32.8 Å². The second kappa shape index (κ2) is 4.38. The molecule has 0 heteroatoms. The molecule has 0 aromatic heterocycles. The molecular weight excluding hydrogens is 228 g/mol. The molecule has 3 aromatic rings. The monoisotopic (exact) mass is 248 g/mol. The molecule has 0 unspecified atom stereocenters. The zero-order valence-corrected chi connectivity index (χ0v) is 11.9. The molecule has 0 aliphatic carbocycles. The molecule has 0 spiro atoms. The van der Waals surface area contributed by atoms with Crippen molar-refractivity contribution in [3.63, 3.8) is 0 Å². The highest BCUT2D eigenvalue weighted by Gasteiger charge is 2.23. The third-order valence-electron chi connectivity index (χ3n) is 4.33. The first-order valence-corrected chi connectivity index (χ1v) is 7.04. The van der Waals surface area contributed by atoms with Crippen LogP contribution >= 0.6 is 0 Å². The van der Waals surface area contributed by atoms with E-state index in [1.165, 1.54) is 27.1 Å². The molecule has 0 saturated heterocycles. The maximum absolute atomic E-state index is 2.35. The van der Waals surface area contributed by atoms with E-state index in [1.54, 1.807) is 0 Å². The summed E-state index contributed by atoms with van der Waals surface area (Å²) in [6.07, 6.45) is 1.14. The van der Waals surface area contributed by atoms with Gasteiger partial charge in [0.25, 0.3) is 0 Å². The van der Waals surface area contributed by atoms with Gasteiger partial charge in [0.15, 0.2) is 0 Å². The van der Waals surface area contributed by atoms with Crippen molar-refractivity contribution in [3.05, 3.63) is 60.2 Å². The molecule has 0 fully saturated rings. The Kier molecular flexibility index (Phi) is 2.82. The second-order valence-corrected chi connectivity index (χ2v) is 5.93. The first-order valence-electron chi connectivity index (χ1n) is 7.04. The van der Waals surface area contributed by atoms with Gasteiger partial charge in [0.05, 0.1) is 0 Å². The Morgan fingerprint density at radius 1 is 0.789 bits per heavy atom. The van der Waals surface area contributed by atoms with Crippen molar-refractivity contribution < 1.29 is 0 Å². The highest BCUT2D eigenvalue weighted by Crippen LogP contribution is 2.38. The fourth-order valence-electron chi connectivity index (χ4n) is 2.92. The van der Waals surface area contributed by atoms with Crippen molar-refractivity contribution in [2.75, 3.05) is 0 Å². The second-order valence-electron chi connectivity index (χ2n) is 5.93. The van der Waals surface area contributed by atoms with Crippen molar-refractivity contribution in [2.45, 2.75) is 32.6 Å². The van der Waals surface area contributed by atoms with E-state index in [2.05, 4.69) is 75.4 Å². The van der Waals surface area contributed by atoms with Gasteiger partial charge in [-0.25, -0.2) is 0 Å². The van der Waals surface area contributed by atoms with Crippen LogP contribution in [-0.4, -0.2) is 0 Å². The van der Waals surface area contributed by atoms with Crippen LogP contribution in [0.2, 0.25) is 0 Å². The average Bonchev–Trinajstić information content (AvgIpc) is 2.44. The summed E-state index contributed by atoms with van der Waals surface area (Å²) in [6, 6.07) is 19.8. The summed E-state index contributed by atoms with van der Waals surface area (Å²) in [5.74, 6) is 0. The van der Waals surface area contributed by atoms with Gasteiger partial charge in [-0.05, 0) is 45.0 Å². The number of fused-ring (bicyclic) bond motifs is 2. The van der Waals surface area contributed by atoms with Gasteiger partial charge in [-0.1, -0.05) is 69.3 Å². The number of rotatable bonds is 2. The summed E-state index contributed by atoms with van der Waals surface area (Å²) in [5, 5.41) is 5.48. The van der Waals surface area contributed by atoms with Crippen LogP contribution in [0.15, 0.2) is 54.6 Å². The molecule has 0 aliphatic rings. The van der Waals surface area contributed by atoms with Gasteiger partial charge in [0.1, 0.15) is 0 Å². The minimum absolute atomic E-state index is 0.195. The zero-order valence-electron chi connectivity index (χ0n) is 11.9. The van der Waals surface area contributed by atoms with Crippen LogP contribution in [0.3, 0.4) is 0 Å². The SMILES string of the molecule is CCC(C)(C)c1c2ccccc2cc2ccccc12. The summed E-state index contributed by atoms with van der Waals surface area (Å²) in [4.78, 5) is 0. The summed E-state index contributed by atoms with van der Waals surface area (Å²) < 4.78 is 0. The van der Waals surface area contributed by atoms with E-state index in [4.69, 9.17) is 0 Å². The van der Waals surface area contributed by atoms with Crippen molar-refractivity contribution >= 4 is 21.5 Å². The van der Waals surface area contributed by atoms with Gasteiger partial charge in [-0.15, -0.1) is 0 Å². The van der Waals surface area contributed by atoms with E-state index in [0.717, 1.165) is 6.42 Å². The van der Waals surface area contributed by atoms with Crippen LogP contribution in [0, 0.1) is 0 Å². The molecule has 0 bridgehead atoms. The molecule has 0 nitrogen and oxygen atoms in total. The molecule has 0 radical (unpaired) electrons. The van der Waals surface area contributed by atoms with Crippen molar-refractivity contribution in [1.82, 2.24) is 0 Å². The minimum Gasteiger partial charge on any atom is -0.0646 e. The molecule has 0 heterocycles. The van der Waals surface area contributed by atoms with Crippen LogP contribution in [0.25, 0.3) is 21.5 Å². The Bertz CT molecular complexity index is 681. The lowest BCUT2D eigenvalue weighted by molar-refractivity contribution is 0.515. The average molecular weight is 248 g/mol. The normalized spacial score (nSPS) is 12.2. The topological polar surface area (TPSA) is 0 Å². The fourth-order valence-corrected chi connectivity index (χ4v) is 2.92. The predicted molar refractivity (Wildman–Crippen MR) is 84.8 cm³/mol. The Morgan fingerprint density at radius 2 is 1.26 bits per heavy atom. The molecule has 0 N–H and O–H groups in total. The molecule has 3 aromatic carbocycles. The van der Waals surface area contributed by atoms with Gasteiger partial charge in [-0.2, -0.15) is 0 Å². The number of benzene rings is 3. The maximum atomic E-state index is 2.35. The van der Waals surface area contributed by atoms with Crippen LogP contribution in [-0.2, 0) is 5.41 Å². The Labute approximate surface area is 115 Å².